The van der Waals surface area contributed by atoms with Gasteiger partial charge in [-0.05, 0) is 25.8 Å². The maximum absolute atomic E-state index is 13.0. The van der Waals surface area contributed by atoms with Crippen molar-refractivity contribution in [2.24, 2.45) is 5.92 Å². The molecule has 0 aromatic carbocycles. The summed E-state index contributed by atoms with van der Waals surface area (Å²) in [5, 5.41) is 0.287. The average Bonchev–Trinajstić information content (AvgIpc) is 2.95. The number of hydrogen-bond acceptors (Lipinski definition) is 5. The van der Waals surface area contributed by atoms with E-state index in [0.29, 0.717) is 13.0 Å². The molecule has 0 aromatic heterocycles. The lowest BCUT2D eigenvalue weighted by Crippen LogP contribution is -2.12. The lowest BCUT2D eigenvalue weighted by Gasteiger charge is -2.20. The third-order valence-corrected chi connectivity index (χ3v) is 6.20. The fourth-order valence-corrected chi connectivity index (χ4v) is 5.17. The number of carbonyl (C=O) groups is 1. The lowest BCUT2D eigenvalue weighted by atomic mass is 9.98. The molecule has 0 N–H and O–H groups in total. The van der Waals surface area contributed by atoms with Crippen molar-refractivity contribution in [2.75, 3.05) is 19.8 Å². The van der Waals surface area contributed by atoms with Gasteiger partial charge in [-0.3, -0.25) is 9.36 Å². The van der Waals surface area contributed by atoms with E-state index >= 15 is 0 Å². The number of fused-ring (bicyclic) bond motifs is 1. The van der Waals surface area contributed by atoms with Gasteiger partial charge in [0.1, 0.15) is 5.31 Å². The van der Waals surface area contributed by atoms with Crippen LogP contribution in [0.1, 0.15) is 46.5 Å². The highest BCUT2D eigenvalue weighted by Gasteiger charge is 2.49. The maximum atomic E-state index is 13.0. The number of carbonyl (C=O) groups excluding carboxylic acids is 1. The molecular formula is C15H25O5P. The second kappa shape index (κ2) is 7.19. The quantitative estimate of drug-likeness (QED) is 0.639. The van der Waals surface area contributed by atoms with Crippen LogP contribution < -0.4 is 0 Å². The molecule has 1 aliphatic heterocycles. The van der Waals surface area contributed by atoms with E-state index in [1.54, 1.807) is 13.8 Å². The van der Waals surface area contributed by atoms with E-state index in [1.165, 1.54) is 0 Å². The molecule has 0 aromatic rings. The number of rotatable bonds is 8. The third kappa shape index (κ3) is 3.31. The van der Waals surface area contributed by atoms with Gasteiger partial charge >= 0.3 is 7.60 Å². The highest BCUT2D eigenvalue weighted by molar-refractivity contribution is 7.60. The zero-order chi connectivity index (χ0) is 15.5. The number of ether oxygens (including phenoxy) is 1. The standard InChI is InChI=1S/C15H25O5P/c1-4-7-8-13-14-11(10-18-13)9-12(16)15(14)21(17,19-5-2)20-6-3/h11,13H,4-10H2,1-3H3/t11-,13+/m1/s1. The van der Waals surface area contributed by atoms with Crippen LogP contribution in [-0.4, -0.2) is 31.7 Å². The van der Waals surface area contributed by atoms with Crippen LogP contribution in [0.3, 0.4) is 0 Å². The fourth-order valence-electron chi connectivity index (χ4n) is 3.12. The molecule has 0 unspecified atom stereocenters. The van der Waals surface area contributed by atoms with Crippen LogP contribution in [0.25, 0.3) is 0 Å². The summed E-state index contributed by atoms with van der Waals surface area (Å²) in [6, 6.07) is 0. The molecule has 0 saturated carbocycles. The van der Waals surface area contributed by atoms with Crippen molar-refractivity contribution in [2.45, 2.75) is 52.6 Å². The van der Waals surface area contributed by atoms with Crippen molar-refractivity contribution in [1.29, 1.82) is 0 Å². The lowest BCUT2D eigenvalue weighted by molar-refractivity contribution is -0.115. The monoisotopic (exact) mass is 316 g/mol. The molecule has 0 amide bonds. The Kier molecular flexibility index (Phi) is 5.78. The fraction of sp³-hybridized carbons (Fsp3) is 0.800. The third-order valence-electron chi connectivity index (χ3n) is 3.95. The second-order valence-electron chi connectivity index (χ2n) is 5.43. The Morgan fingerprint density at radius 3 is 2.48 bits per heavy atom. The molecule has 0 radical (unpaired) electrons. The SMILES string of the molecule is CCCC[C@@H]1OC[C@H]2CC(=O)C(P(=O)(OCC)OCC)=C21. The Bertz CT molecular complexity index is 461. The number of ketones is 1. The first-order valence-corrected chi connectivity index (χ1v) is 9.40. The van der Waals surface area contributed by atoms with Crippen LogP contribution in [0.15, 0.2) is 10.9 Å². The summed E-state index contributed by atoms with van der Waals surface area (Å²) >= 11 is 0. The first kappa shape index (κ1) is 16.9. The Morgan fingerprint density at radius 2 is 1.90 bits per heavy atom. The molecule has 1 aliphatic carbocycles. The molecule has 1 heterocycles. The van der Waals surface area contributed by atoms with E-state index in [2.05, 4.69) is 6.92 Å². The topological polar surface area (TPSA) is 61.8 Å². The Balaban J connectivity index is 2.38. The van der Waals surface area contributed by atoms with Gasteiger partial charge in [0.25, 0.3) is 0 Å². The van der Waals surface area contributed by atoms with Gasteiger partial charge < -0.3 is 13.8 Å². The zero-order valence-corrected chi connectivity index (χ0v) is 14.0. The van der Waals surface area contributed by atoms with E-state index in [9.17, 15) is 9.36 Å². The minimum Gasteiger partial charge on any atom is -0.373 e. The van der Waals surface area contributed by atoms with E-state index in [0.717, 1.165) is 24.8 Å². The predicted molar refractivity (Wildman–Crippen MR) is 80.3 cm³/mol. The van der Waals surface area contributed by atoms with Crippen molar-refractivity contribution >= 4 is 13.4 Å². The van der Waals surface area contributed by atoms with Gasteiger partial charge in [-0.15, -0.1) is 0 Å². The molecule has 2 aliphatic rings. The summed E-state index contributed by atoms with van der Waals surface area (Å²) < 4.78 is 29.6. The van der Waals surface area contributed by atoms with Gasteiger partial charge in [-0.2, -0.15) is 0 Å². The molecule has 1 fully saturated rings. The Labute approximate surface area is 126 Å². The van der Waals surface area contributed by atoms with Crippen LogP contribution in [0.2, 0.25) is 0 Å². The van der Waals surface area contributed by atoms with Crippen LogP contribution in [0, 0.1) is 5.92 Å². The summed E-state index contributed by atoms with van der Waals surface area (Å²) in [7, 11) is -3.51. The summed E-state index contributed by atoms with van der Waals surface area (Å²) in [6.45, 7) is 6.68. The normalized spacial score (nSPS) is 25.8. The summed E-state index contributed by atoms with van der Waals surface area (Å²) in [4.78, 5) is 12.4. The largest absolute Gasteiger partial charge is 0.373 e. The second-order valence-corrected chi connectivity index (χ2v) is 7.38. The van der Waals surface area contributed by atoms with Gasteiger partial charge in [-0.25, -0.2) is 0 Å². The van der Waals surface area contributed by atoms with E-state index < -0.39 is 7.60 Å². The van der Waals surface area contributed by atoms with Crippen molar-refractivity contribution in [3.63, 3.8) is 0 Å². The molecule has 2 atom stereocenters. The van der Waals surface area contributed by atoms with E-state index in [-0.39, 0.29) is 36.3 Å². The van der Waals surface area contributed by atoms with E-state index in [4.69, 9.17) is 13.8 Å². The van der Waals surface area contributed by atoms with Gasteiger partial charge in [-0.1, -0.05) is 19.8 Å². The minimum atomic E-state index is -3.51. The summed E-state index contributed by atoms with van der Waals surface area (Å²) in [6.07, 6.45) is 3.21. The number of Topliss-reactive ketones (excluding diaryl/α,β-unsaturated/α-hetero) is 1. The summed E-state index contributed by atoms with van der Waals surface area (Å²) in [5.41, 5.74) is 0.888. The van der Waals surface area contributed by atoms with Gasteiger partial charge in [0.05, 0.1) is 25.9 Å². The Morgan fingerprint density at radius 1 is 1.24 bits per heavy atom. The van der Waals surface area contributed by atoms with Gasteiger partial charge in [0, 0.05) is 12.3 Å². The number of allylic oxidation sites excluding steroid dienone is 1. The van der Waals surface area contributed by atoms with Crippen LogP contribution in [-0.2, 0) is 23.1 Å². The minimum absolute atomic E-state index is 0.0589. The molecule has 6 heteroatoms. The molecule has 1 saturated heterocycles. The highest BCUT2D eigenvalue weighted by atomic mass is 31.2. The molecule has 2 rings (SSSR count). The molecule has 120 valence electrons. The first-order valence-electron chi connectivity index (χ1n) is 7.85. The summed E-state index contributed by atoms with van der Waals surface area (Å²) in [5.74, 6) is -0.0337. The number of hydrogen-bond donors (Lipinski definition) is 0. The van der Waals surface area contributed by atoms with Crippen molar-refractivity contribution in [3.8, 4) is 0 Å². The maximum Gasteiger partial charge on any atom is 0.364 e. The predicted octanol–water partition coefficient (Wildman–Crippen LogP) is 3.68. The number of unbranched alkanes of at least 4 members (excludes halogenated alkanes) is 1. The molecule has 0 spiro atoms. The molecule has 21 heavy (non-hydrogen) atoms. The first-order chi connectivity index (χ1) is 10.1. The van der Waals surface area contributed by atoms with Gasteiger partial charge in [0.2, 0.25) is 0 Å². The van der Waals surface area contributed by atoms with Crippen LogP contribution in [0.5, 0.6) is 0 Å². The van der Waals surface area contributed by atoms with Crippen molar-refractivity contribution < 1.29 is 23.1 Å². The van der Waals surface area contributed by atoms with Crippen LogP contribution in [0.4, 0.5) is 0 Å². The smallest absolute Gasteiger partial charge is 0.364 e. The molecular weight excluding hydrogens is 291 g/mol. The van der Waals surface area contributed by atoms with E-state index in [1.807, 2.05) is 0 Å². The highest BCUT2D eigenvalue weighted by Crippen LogP contribution is 2.62. The van der Waals surface area contributed by atoms with Crippen molar-refractivity contribution in [1.82, 2.24) is 0 Å². The zero-order valence-electron chi connectivity index (χ0n) is 13.1. The van der Waals surface area contributed by atoms with Crippen LogP contribution >= 0.6 is 7.60 Å². The van der Waals surface area contributed by atoms with Gasteiger partial charge in [0.15, 0.2) is 5.78 Å². The van der Waals surface area contributed by atoms with Crippen molar-refractivity contribution in [3.05, 3.63) is 10.9 Å². The molecule has 5 nitrogen and oxygen atoms in total. The molecule has 0 bridgehead atoms. The average molecular weight is 316 g/mol. The Hall–Kier alpha value is -0.480.